The van der Waals surface area contributed by atoms with Crippen molar-refractivity contribution >= 4 is 9.84 Å². The van der Waals surface area contributed by atoms with Crippen LogP contribution in [0.25, 0.3) is 78.4 Å². The van der Waals surface area contributed by atoms with E-state index >= 15 is 0 Å². The second kappa shape index (κ2) is 12.1. The predicted octanol–water partition coefficient (Wildman–Crippen LogP) is 12.3. The summed E-state index contributed by atoms with van der Waals surface area (Å²) < 4.78 is 28.4. The van der Waals surface area contributed by atoms with Crippen LogP contribution in [0.15, 0.2) is 204 Å². The number of sulfone groups is 1. The Kier molecular flexibility index (Phi) is 6.91. The van der Waals surface area contributed by atoms with E-state index in [0.717, 1.165) is 94.8 Å². The summed E-state index contributed by atoms with van der Waals surface area (Å²) in [7, 11) is -3.72. The molecule has 1 aliphatic heterocycles. The normalized spacial score (nSPS) is 15.9. The van der Waals surface area contributed by atoms with E-state index in [1.165, 1.54) is 0 Å². The summed E-state index contributed by atoms with van der Waals surface area (Å²) >= 11 is 0. The summed E-state index contributed by atoms with van der Waals surface area (Å²) in [4.78, 5) is 11.3. The maximum absolute atomic E-state index is 14.2. The second-order valence-electron chi connectivity index (χ2n) is 15.2. The summed E-state index contributed by atoms with van der Waals surface area (Å²) in [5.41, 5.74) is 16.2. The summed E-state index contributed by atoms with van der Waals surface area (Å²) in [6.07, 6.45) is 0. The lowest BCUT2D eigenvalue weighted by molar-refractivity contribution is 0.598. The van der Waals surface area contributed by atoms with Gasteiger partial charge in [0.05, 0.1) is 26.6 Å². The van der Waals surface area contributed by atoms with Gasteiger partial charge in [-0.3, -0.25) is 0 Å². The molecule has 272 valence electrons. The number of nitrogens with zero attached hydrogens (tertiary/aromatic N) is 2. The minimum absolute atomic E-state index is 0.358. The van der Waals surface area contributed by atoms with E-state index in [9.17, 15) is 8.42 Å². The van der Waals surface area contributed by atoms with Crippen LogP contribution in [-0.4, -0.2) is 18.4 Å². The number of hydrogen-bond donors (Lipinski definition) is 0. The fourth-order valence-electron chi connectivity index (χ4n) is 9.82. The molecule has 8 aromatic carbocycles. The second-order valence-corrected chi connectivity index (χ2v) is 17.1. The van der Waals surface area contributed by atoms with E-state index in [2.05, 4.69) is 127 Å². The molecule has 3 aliphatic rings. The van der Waals surface area contributed by atoms with Crippen LogP contribution in [0.1, 0.15) is 22.3 Å². The van der Waals surface area contributed by atoms with Crippen LogP contribution < -0.4 is 0 Å². The molecule has 58 heavy (non-hydrogen) atoms. The fourth-order valence-corrected chi connectivity index (χ4v) is 11.5. The molecule has 1 atom stereocenters. The molecule has 0 radical (unpaired) electrons. The maximum Gasteiger partial charge on any atom is 0.207 e. The Morgan fingerprint density at radius 3 is 1.43 bits per heavy atom. The third-order valence-electron chi connectivity index (χ3n) is 12.3. The van der Waals surface area contributed by atoms with Gasteiger partial charge < -0.3 is 0 Å². The van der Waals surface area contributed by atoms with Crippen LogP contribution in [0.2, 0.25) is 0 Å². The Bertz CT molecular complexity index is 3250. The first-order valence-electron chi connectivity index (χ1n) is 19.5. The minimum atomic E-state index is -3.72. The molecule has 1 unspecified atom stereocenters. The van der Waals surface area contributed by atoms with Gasteiger partial charge in [0.1, 0.15) is 0 Å². The van der Waals surface area contributed by atoms with Gasteiger partial charge in [-0.05, 0) is 86.0 Å². The molecular formula is C53H32N2O2S. The molecule has 0 amide bonds. The van der Waals surface area contributed by atoms with Crippen molar-refractivity contribution in [3.05, 3.63) is 216 Å². The number of aromatic nitrogens is 2. The van der Waals surface area contributed by atoms with Gasteiger partial charge >= 0.3 is 0 Å². The molecule has 9 aromatic rings. The molecule has 12 rings (SSSR count). The highest BCUT2D eigenvalue weighted by Gasteiger charge is 2.51. The zero-order valence-corrected chi connectivity index (χ0v) is 31.9. The Morgan fingerprint density at radius 1 is 0.328 bits per heavy atom. The zero-order valence-electron chi connectivity index (χ0n) is 31.1. The van der Waals surface area contributed by atoms with E-state index in [1.54, 1.807) is 12.1 Å². The first-order chi connectivity index (χ1) is 28.5. The number of benzene rings is 8. The summed E-state index contributed by atoms with van der Waals surface area (Å²) in [6.45, 7) is 0. The van der Waals surface area contributed by atoms with Gasteiger partial charge in [0.25, 0.3) is 0 Å². The van der Waals surface area contributed by atoms with Crippen molar-refractivity contribution in [3.63, 3.8) is 0 Å². The van der Waals surface area contributed by atoms with Gasteiger partial charge in [0.15, 0.2) is 5.82 Å². The van der Waals surface area contributed by atoms with E-state index in [-0.39, 0.29) is 0 Å². The standard InChI is InChI=1S/C53H32N2O2S/c56-58(57)50-26-14-11-23-41(50)43-30-47-42(31-51(43)58)39-22-10-13-25-45(39)53(47)44-24-12-9-21-38(44)36-19-7-8-20-37(36)40-28-27-35(29-46(40)53)52-54-48(33-15-3-1-4-16-33)32-49(55-52)34-17-5-2-6-18-34/h1-32H. The minimum Gasteiger partial charge on any atom is -0.228 e. The smallest absolute Gasteiger partial charge is 0.207 e. The SMILES string of the molecule is O=S1(=O)c2ccccc2-c2cc3c(cc21)-c1ccccc1C31c2ccccc2-c2ccccc2-c2ccc(-c3nc(-c4ccccc4)cc(-c4ccccc4)n3)cc21. The molecule has 1 spiro atoms. The lowest BCUT2D eigenvalue weighted by atomic mass is 9.65. The Hall–Kier alpha value is -7.21. The predicted molar refractivity (Wildman–Crippen MR) is 231 cm³/mol. The third-order valence-corrected chi connectivity index (χ3v) is 14.1. The maximum atomic E-state index is 14.2. The van der Waals surface area contributed by atoms with Crippen LogP contribution in [-0.2, 0) is 15.3 Å². The largest absolute Gasteiger partial charge is 0.228 e. The lowest BCUT2D eigenvalue weighted by Gasteiger charge is -2.35. The highest BCUT2D eigenvalue weighted by Crippen LogP contribution is 2.63. The van der Waals surface area contributed by atoms with Gasteiger partial charge in [0.2, 0.25) is 9.84 Å². The highest BCUT2D eigenvalue weighted by atomic mass is 32.2. The molecule has 4 nitrogen and oxygen atoms in total. The first-order valence-corrected chi connectivity index (χ1v) is 21.0. The van der Waals surface area contributed by atoms with Crippen molar-refractivity contribution in [2.75, 3.05) is 0 Å². The number of hydrogen-bond acceptors (Lipinski definition) is 4. The van der Waals surface area contributed by atoms with Crippen molar-refractivity contribution in [1.29, 1.82) is 0 Å². The summed E-state index contributed by atoms with van der Waals surface area (Å²) in [5, 5.41) is 0. The monoisotopic (exact) mass is 760 g/mol. The van der Waals surface area contributed by atoms with Crippen molar-refractivity contribution in [2.45, 2.75) is 15.2 Å². The Morgan fingerprint density at radius 2 is 0.810 bits per heavy atom. The van der Waals surface area contributed by atoms with Crippen LogP contribution in [0.3, 0.4) is 0 Å². The van der Waals surface area contributed by atoms with Gasteiger partial charge in [-0.1, -0.05) is 164 Å². The van der Waals surface area contributed by atoms with Crippen molar-refractivity contribution < 1.29 is 8.42 Å². The number of fused-ring (bicyclic) bond motifs is 15. The molecular weight excluding hydrogens is 729 g/mol. The van der Waals surface area contributed by atoms with Gasteiger partial charge in [-0.25, -0.2) is 18.4 Å². The van der Waals surface area contributed by atoms with Gasteiger partial charge in [0, 0.05) is 27.8 Å². The van der Waals surface area contributed by atoms with Crippen LogP contribution in [0.4, 0.5) is 0 Å². The van der Waals surface area contributed by atoms with E-state index in [4.69, 9.17) is 9.97 Å². The fraction of sp³-hybridized carbons (Fsp3) is 0.0189. The Balaban J connectivity index is 1.21. The molecule has 0 bridgehead atoms. The van der Waals surface area contributed by atoms with Crippen LogP contribution in [0, 0.1) is 0 Å². The quantitative estimate of drug-likeness (QED) is 0.180. The third kappa shape index (κ3) is 4.48. The summed E-state index contributed by atoms with van der Waals surface area (Å²) in [5.74, 6) is 0.629. The van der Waals surface area contributed by atoms with Crippen molar-refractivity contribution in [2.24, 2.45) is 0 Å². The van der Waals surface area contributed by atoms with Crippen molar-refractivity contribution in [1.82, 2.24) is 9.97 Å². The van der Waals surface area contributed by atoms with Gasteiger partial charge in [-0.2, -0.15) is 0 Å². The molecule has 0 fully saturated rings. The summed E-state index contributed by atoms with van der Waals surface area (Å²) in [6, 6.07) is 66.8. The average Bonchev–Trinajstić information content (AvgIpc) is 3.66. The van der Waals surface area contributed by atoms with Gasteiger partial charge in [-0.15, -0.1) is 0 Å². The van der Waals surface area contributed by atoms with Crippen LogP contribution in [0.5, 0.6) is 0 Å². The molecule has 0 saturated carbocycles. The lowest BCUT2D eigenvalue weighted by Crippen LogP contribution is -2.29. The molecule has 0 saturated heterocycles. The molecule has 2 aliphatic carbocycles. The highest BCUT2D eigenvalue weighted by molar-refractivity contribution is 7.92. The average molecular weight is 761 g/mol. The topological polar surface area (TPSA) is 59.9 Å². The first kappa shape index (κ1) is 33.0. The van der Waals surface area contributed by atoms with E-state index < -0.39 is 15.3 Å². The molecule has 0 N–H and O–H groups in total. The van der Waals surface area contributed by atoms with Crippen LogP contribution >= 0.6 is 0 Å². The van der Waals surface area contributed by atoms with E-state index in [1.807, 2.05) is 54.6 Å². The molecule has 2 heterocycles. The van der Waals surface area contributed by atoms with Crippen molar-refractivity contribution in [3.8, 4) is 78.4 Å². The Labute approximate surface area is 336 Å². The number of rotatable bonds is 3. The molecule has 5 heteroatoms. The zero-order chi connectivity index (χ0) is 38.6. The molecule has 1 aromatic heterocycles. The van der Waals surface area contributed by atoms with E-state index in [0.29, 0.717) is 15.6 Å².